The van der Waals surface area contributed by atoms with Crippen LogP contribution in [-0.4, -0.2) is 35.4 Å². The molecule has 1 amide bonds. The Morgan fingerprint density at radius 3 is 2.75 bits per heavy atom. The minimum atomic E-state index is -0.640. The summed E-state index contributed by atoms with van der Waals surface area (Å²) >= 11 is 0. The van der Waals surface area contributed by atoms with Gasteiger partial charge in [0.2, 0.25) is 0 Å². The van der Waals surface area contributed by atoms with Crippen molar-refractivity contribution in [1.29, 1.82) is 0 Å². The number of carbonyl (C=O) groups is 1. The van der Waals surface area contributed by atoms with Crippen molar-refractivity contribution in [2.24, 2.45) is 0 Å². The first kappa shape index (κ1) is 16.3. The molecule has 0 fully saturated rings. The Morgan fingerprint density at radius 2 is 2.00 bits per heavy atom. The molecule has 5 nitrogen and oxygen atoms in total. The van der Waals surface area contributed by atoms with E-state index in [9.17, 15) is 9.90 Å². The van der Waals surface area contributed by atoms with Gasteiger partial charge in [-0.15, -0.1) is 0 Å². The lowest BCUT2D eigenvalue weighted by molar-refractivity contribution is -0.126. The maximum Gasteiger partial charge on any atom is 0.268 e. The predicted octanol–water partition coefficient (Wildman–Crippen LogP) is 2.42. The van der Waals surface area contributed by atoms with Gasteiger partial charge < -0.3 is 19.8 Å². The number of aliphatic hydroxyl groups is 1. The van der Waals surface area contributed by atoms with Crippen molar-refractivity contribution < 1.29 is 19.7 Å². The summed E-state index contributed by atoms with van der Waals surface area (Å²) in [6.07, 6.45) is 0.318. The Kier molecular flexibility index (Phi) is 4.71. The second kappa shape index (κ2) is 6.93. The summed E-state index contributed by atoms with van der Waals surface area (Å²) in [6, 6.07) is 12.6. The Balaban J connectivity index is 1.91. The Hall–Kier alpha value is -2.53. The monoisotopic (exact) mass is 327 g/mol. The highest BCUT2D eigenvalue weighted by molar-refractivity contribution is 6.00. The molecule has 0 saturated carbocycles. The first-order chi connectivity index (χ1) is 11.6. The van der Waals surface area contributed by atoms with Crippen LogP contribution >= 0.6 is 0 Å². The third-order valence-corrected chi connectivity index (χ3v) is 4.25. The van der Waals surface area contributed by atoms with Gasteiger partial charge >= 0.3 is 0 Å². The number of rotatable bonds is 5. The van der Waals surface area contributed by atoms with Crippen LogP contribution in [0.5, 0.6) is 11.5 Å². The molecule has 0 aliphatic carbocycles. The fourth-order valence-electron chi connectivity index (χ4n) is 2.94. The molecule has 5 heteroatoms. The van der Waals surface area contributed by atoms with Crippen molar-refractivity contribution in [2.75, 3.05) is 18.1 Å². The summed E-state index contributed by atoms with van der Waals surface area (Å²) < 4.78 is 5.88. The maximum atomic E-state index is 12.9. The Morgan fingerprint density at radius 1 is 1.21 bits per heavy atom. The average molecular weight is 327 g/mol. The van der Waals surface area contributed by atoms with Gasteiger partial charge in [-0.3, -0.25) is 4.79 Å². The van der Waals surface area contributed by atoms with E-state index in [1.807, 2.05) is 31.2 Å². The largest absolute Gasteiger partial charge is 0.508 e. The molecule has 1 unspecified atom stereocenters. The number of hydrogen-bond acceptors (Lipinski definition) is 4. The van der Waals surface area contributed by atoms with E-state index in [4.69, 9.17) is 9.84 Å². The predicted molar refractivity (Wildman–Crippen MR) is 91.5 cm³/mol. The normalized spacial score (nSPS) is 16.7. The van der Waals surface area contributed by atoms with Crippen LogP contribution in [0.2, 0.25) is 0 Å². The topological polar surface area (TPSA) is 70.0 Å². The summed E-state index contributed by atoms with van der Waals surface area (Å²) in [5.74, 6) is 0.468. The summed E-state index contributed by atoms with van der Waals surface area (Å²) in [5, 5.41) is 18.8. The van der Waals surface area contributed by atoms with Gasteiger partial charge in [0.05, 0.1) is 5.69 Å². The third kappa shape index (κ3) is 3.21. The molecule has 0 spiro atoms. The van der Waals surface area contributed by atoms with Crippen LogP contribution in [0.4, 0.5) is 5.69 Å². The zero-order valence-electron chi connectivity index (χ0n) is 13.6. The van der Waals surface area contributed by atoms with Crippen molar-refractivity contribution >= 4 is 11.6 Å². The van der Waals surface area contributed by atoms with Crippen molar-refractivity contribution in [2.45, 2.75) is 25.9 Å². The Bertz CT molecular complexity index is 744. The lowest BCUT2D eigenvalue weighted by atomic mass is 10.0. The molecule has 2 N–H and O–H groups in total. The number of hydrogen-bond donors (Lipinski definition) is 2. The number of aromatic hydroxyl groups is 1. The second-order valence-electron chi connectivity index (χ2n) is 5.96. The van der Waals surface area contributed by atoms with Gasteiger partial charge in [-0.1, -0.05) is 24.3 Å². The lowest BCUT2D eigenvalue weighted by Crippen LogP contribution is -2.47. The molecule has 1 aliphatic rings. The van der Waals surface area contributed by atoms with Crippen LogP contribution in [0, 0.1) is 6.92 Å². The van der Waals surface area contributed by atoms with Crippen LogP contribution in [0.3, 0.4) is 0 Å². The molecule has 0 radical (unpaired) electrons. The van der Waals surface area contributed by atoms with E-state index >= 15 is 0 Å². The molecule has 0 saturated heterocycles. The van der Waals surface area contributed by atoms with Crippen molar-refractivity contribution in [3.63, 3.8) is 0 Å². The molecule has 2 aromatic carbocycles. The third-order valence-electron chi connectivity index (χ3n) is 4.25. The van der Waals surface area contributed by atoms with Gasteiger partial charge in [-0.25, -0.2) is 0 Å². The minimum Gasteiger partial charge on any atom is -0.508 e. The fourth-order valence-corrected chi connectivity index (χ4v) is 2.94. The number of anilines is 1. The van der Waals surface area contributed by atoms with E-state index in [2.05, 4.69) is 0 Å². The van der Waals surface area contributed by atoms with Crippen LogP contribution in [0.1, 0.15) is 17.5 Å². The molecule has 126 valence electrons. The first-order valence-electron chi connectivity index (χ1n) is 8.06. The smallest absolute Gasteiger partial charge is 0.268 e. The van der Waals surface area contributed by atoms with E-state index in [0.29, 0.717) is 30.8 Å². The molecule has 3 rings (SSSR count). The summed E-state index contributed by atoms with van der Waals surface area (Å²) in [5.41, 5.74) is 2.80. The van der Waals surface area contributed by atoms with Gasteiger partial charge in [-0.05, 0) is 36.6 Å². The minimum absolute atomic E-state index is 0.0144. The standard InChI is InChI=1S/C19H21NO4/c1-13-5-2-3-6-14(13)11-18-19(23)20(9-4-10-21)16-8-7-15(22)12-17(16)24-18/h2-3,5-8,12,18,21-22H,4,9-11H2,1H3. The average Bonchev–Trinajstić information content (AvgIpc) is 2.57. The van der Waals surface area contributed by atoms with E-state index in [1.54, 1.807) is 11.0 Å². The number of phenolic OH excluding ortho intramolecular Hbond substituents is 1. The number of amides is 1. The van der Waals surface area contributed by atoms with Gasteiger partial charge in [0.15, 0.2) is 6.10 Å². The van der Waals surface area contributed by atoms with Crippen LogP contribution < -0.4 is 9.64 Å². The maximum absolute atomic E-state index is 12.9. The van der Waals surface area contributed by atoms with Gasteiger partial charge in [0.25, 0.3) is 5.91 Å². The molecule has 1 aliphatic heterocycles. The van der Waals surface area contributed by atoms with E-state index in [-0.39, 0.29) is 18.3 Å². The number of ether oxygens (including phenoxy) is 1. The van der Waals surface area contributed by atoms with Gasteiger partial charge in [-0.2, -0.15) is 0 Å². The van der Waals surface area contributed by atoms with Crippen LogP contribution in [0.15, 0.2) is 42.5 Å². The summed E-state index contributed by atoms with van der Waals surface area (Å²) in [6.45, 7) is 2.44. The summed E-state index contributed by atoms with van der Waals surface area (Å²) in [7, 11) is 0. The number of nitrogens with zero attached hydrogens (tertiary/aromatic N) is 1. The van der Waals surface area contributed by atoms with Crippen molar-refractivity contribution in [3.05, 3.63) is 53.6 Å². The molecule has 0 bridgehead atoms. The first-order valence-corrected chi connectivity index (χ1v) is 8.06. The van der Waals surface area contributed by atoms with Crippen molar-refractivity contribution in [1.82, 2.24) is 0 Å². The van der Waals surface area contributed by atoms with Crippen molar-refractivity contribution in [3.8, 4) is 11.5 Å². The number of phenols is 1. The highest BCUT2D eigenvalue weighted by Crippen LogP contribution is 2.37. The molecule has 1 atom stereocenters. The highest BCUT2D eigenvalue weighted by atomic mass is 16.5. The molecule has 24 heavy (non-hydrogen) atoms. The SMILES string of the molecule is Cc1ccccc1CC1Oc2cc(O)ccc2N(CCCO)C1=O. The highest BCUT2D eigenvalue weighted by Gasteiger charge is 2.34. The van der Waals surface area contributed by atoms with Gasteiger partial charge in [0, 0.05) is 25.6 Å². The Labute approximate surface area is 141 Å². The number of aryl methyl sites for hydroxylation is 1. The molecule has 0 aromatic heterocycles. The second-order valence-corrected chi connectivity index (χ2v) is 5.96. The zero-order chi connectivity index (χ0) is 17.1. The van der Waals surface area contributed by atoms with E-state index < -0.39 is 6.10 Å². The van der Waals surface area contributed by atoms with Gasteiger partial charge in [0.1, 0.15) is 11.5 Å². The zero-order valence-corrected chi connectivity index (χ0v) is 13.6. The number of fused-ring (bicyclic) bond motifs is 1. The van der Waals surface area contributed by atoms with E-state index in [1.165, 1.54) is 12.1 Å². The quantitative estimate of drug-likeness (QED) is 0.885. The molecule has 2 aromatic rings. The number of aliphatic hydroxyl groups excluding tert-OH is 1. The van der Waals surface area contributed by atoms with E-state index in [0.717, 1.165) is 11.1 Å². The van der Waals surface area contributed by atoms with Crippen LogP contribution in [-0.2, 0) is 11.2 Å². The number of benzene rings is 2. The summed E-state index contributed by atoms with van der Waals surface area (Å²) in [4.78, 5) is 14.5. The lowest BCUT2D eigenvalue weighted by Gasteiger charge is -2.34. The molecular weight excluding hydrogens is 306 g/mol. The number of carbonyl (C=O) groups excluding carboxylic acids is 1. The van der Waals surface area contributed by atoms with Crippen LogP contribution in [0.25, 0.3) is 0 Å². The molecule has 1 heterocycles. The fraction of sp³-hybridized carbons (Fsp3) is 0.316. The molecular formula is C19H21NO4.